The Hall–Kier alpha value is -0.190. The van der Waals surface area contributed by atoms with Gasteiger partial charge in [-0.05, 0) is 19.4 Å². The zero-order chi connectivity index (χ0) is 9.84. The fourth-order valence-electron chi connectivity index (χ4n) is 1.67. The molecule has 1 aliphatic heterocycles. The molecule has 13 heavy (non-hydrogen) atoms. The Morgan fingerprint density at radius 3 is 3.00 bits per heavy atom. The Morgan fingerprint density at radius 2 is 2.46 bits per heavy atom. The van der Waals surface area contributed by atoms with Gasteiger partial charge in [-0.15, -0.1) is 0 Å². The number of hydrogen-bond donors (Lipinski definition) is 2. The van der Waals surface area contributed by atoms with Gasteiger partial charge in [0.05, 0.1) is 11.1 Å². The van der Waals surface area contributed by atoms with E-state index >= 15 is 0 Å². The molecule has 1 rings (SSSR count). The predicted molar refractivity (Wildman–Crippen MR) is 57.6 cm³/mol. The quantitative estimate of drug-likeness (QED) is 0.649. The molecule has 0 aliphatic carbocycles. The number of nitrogens with two attached hydrogens (primary N) is 1. The summed E-state index contributed by atoms with van der Waals surface area (Å²) in [4.78, 5) is 2.80. The van der Waals surface area contributed by atoms with Crippen LogP contribution in [0.15, 0.2) is 0 Å². The molecule has 2 atom stereocenters. The normalized spacial score (nSPS) is 27.1. The van der Waals surface area contributed by atoms with Crippen LogP contribution in [0.25, 0.3) is 0 Å². The van der Waals surface area contributed by atoms with Gasteiger partial charge in [0.25, 0.3) is 0 Å². The maximum Gasteiger partial charge on any atom is 0.0768 e. The molecule has 0 aromatic rings. The summed E-state index contributed by atoms with van der Waals surface area (Å²) in [5.41, 5.74) is 5.53. The van der Waals surface area contributed by atoms with E-state index in [1.54, 1.807) is 0 Å². The Balaban J connectivity index is 2.31. The number of nitrogens with zero attached hydrogens (tertiary/aromatic N) is 1. The monoisotopic (exact) mass is 202 g/mol. The lowest BCUT2D eigenvalue weighted by Crippen LogP contribution is -2.42. The van der Waals surface area contributed by atoms with Gasteiger partial charge in [-0.3, -0.25) is 0 Å². The van der Waals surface area contributed by atoms with Crippen molar-refractivity contribution < 1.29 is 5.11 Å². The maximum atomic E-state index is 9.43. The number of aliphatic hydroxyl groups excluding tert-OH is 1. The van der Waals surface area contributed by atoms with Gasteiger partial charge < -0.3 is 15.7 Å². The first-order valence-corrected chi connectivity index (χ1v) is 5.20. The van der Waals surface area contributed by atoms with E-state index in [0.717, 1.165) is 32.5 Å². The summed E-state index contributed by atoms with van der Waals surface area (Å²) in [6.07, 6.45) is 1.84. The molecule has 0 bridgehead atoms. The van der Waals surface area contributed by atoms with Gasteiger partial charge in [-0.25, -0.2) is 0 Å². The van der Waals surface area contributed by atoms with Crippen molar-refractivity contribution in [3.8, 4) is 0 Å². The number of aliphatic hydroxyl groups is 1. The smallest absolute Gasteiger partial charge is 0.0768 e. The molecule has 0 spiro atoms. The van der Waals surface area contributed by atoms with E-state index in [1.165, 1.54) is 0 Å². The minimum Gasteiger partial charge on any atom is -0.393 e. The van der Waals surface area contributed by atoms with Crippen LogP contribution >= 0.6 is 12.2 Å². The highest BCUT2D eigenvalue weighted by atomic mass is 32.1. The summed E-state index contributed by atoms with van der Waals surface area (Å²) in [6, 6.07) is 0. The Labute approximate surface area is 84.9 Å². The number of hydrogen-bond acceptors (Lipinski definition) is 3. The lowest BCUT2D eigenvalue weighted by atomic mass is 10.1. The van der Waals surface area contributed by atoms with Gasteiger partial charge in [0.15, 0.2) is 0 Å². The zero-order valence-corrected chi connectivity index (χ0v) is 8.89. The van der Waals surface area contributed by atoms with E-state index in [0.29, 0.717) is 4.99 Å². The Morgan fingerprint density at radius 1 is 1.77 bits per heavy atom. The molecular weight excluding hydrogens is 184 g/mol. The predicted octanol–water partition coefficient (Wildman–Crippen LogP) is 0.365. The van der Waals surface area contributed by atoms with Gasteiger partial charge in [-0.1, -0.05) is 19.1 Å². The first-order valence-electron chi connectivity index (χ1n) is 4.79. The lowest BCUT2D eigenvalue weighted by molar-refractivity contribution is 0.0676. The van der Waals surface area contributed by atoms with Crippen LogP contribution in [0.4, 0.5) is 0 Å². The number of rotatable bonds is 3. The third-order valence-electron chi connectivity index (χ3n) is 2.50. The van der Waals surface area contributed by atoms with Crippen LogP contribution in [0.1, 0.15) is 19.8 Å². The van der Waals surface area contributed by atoms with Crippen molar-refractivity contribution in [3.63, 3.8) is 0 Å². The molecule has 1 heterocycles. The highest BCUT2D eigenvalue weighted by Crippen LogP contribution is 2.11. The second-order valence-electron chi connectivity index (χ2n) is 3.86. The van der Waals surface area contributed by atoms with Gasteiger partial charge in [0.2, 0.25) is 0 Å². The van der Waals surface area contributed by atoms with Crippen LogP contribution in [-0.2, 0) is 0 Å². The molecule has 0 aromatic carbocycles. The Kier molecular flexibility index (Phi) is 4.09. The number of β-amino-alcohol motifs (C(OH)–C–C–N with tert-alkyl or cyclic N) is 1. The molecule has 0 aromatic heterocycles. The van der Waals surface area contributed by atoms with Crippen molar-refractivity contribution in [2.24, 2.45) is 11.7 Å². The fraction of sp³-hybridized carbons (Fsp3) is 0.889. The number of likely N-dealkylation sites (tertiary alicyclic amines) is 1. The fourth-order valence-corrected chi connectivity index (χ4v) is 1.75. The SMILES string of the molecule is CC(CN1CCCC(O)C1)C(N)=S. The molecule has 76 valence electrons. The summed E-state index contributed by atoms with van der Waals surface area (Å²) in [5, 5.41) is 9.43. The molecular formula is C9H18N2OS. The molecule has 2 unspecified atom stereocenters. The van der Waals surface area contributed by atoms with Crippen molar-refractivity contribution in [3.05, 3.63) is 0 Å². The molecule has 0 radical (unpaired) electrons. The zero-order valence-electron chi connectivity index (χ0n) is 8.07. The first-order chi connectivity index (χ1) is 6.09. The third-order valence-corrected chi connectivity index (χ3v) is 2.90. The molecule has 3 nitrogen and oxygen atoms in total. The average Bonchev–Trinajstić information content (AvgIpc) is 2.04. The molecule has 0 amide bonds. The molecule has 3 N–H and O–H groups in total. The van der Waals surface area contributed by atoms with Gasteiger partial charge in [0, 0.05) is 19.0 Å². The minimum atomic E-state index is -0.160. The summed E-state index contributed by atoms with van der Waals surface area (Å²) >= 11 is 4.90. The van der Waals surface area contributed by atoms with Crippen LogP contribution in [0.5, 0.6) is 0 Å². The number of piperidine rings is 1. The third kappa shape index (κ3) is 3.58. The van der Waals surface area contributed by atoms with E-state index in [-0.39, 0.29) is 12.0 Å². The molecule has 4 heteroatoms. The van der Waals surface area contributed by atoms with E-state index in [4.69, 9.17) is 18.0 Å². The highest BCUT2D eigenvalue weighted by molar-refractivity contribution is 7.80. The van der Waals surface area contributed by atoms with E-state index in [2.05, 4.69) is 4.90 Å². The molecule has 0 saturated carbocycles. The van der Waals surface area contributed by atoms with Crippen molar-refractivity contribution in [2.75, 3.05) is 19.6 Å². The summed E-state index contributed by atoms with van der Waals surface area (Å²) in [7, 11) is 0. The molecule has 1 aliphatic rings. The topological polar surface area (TPSA) is 49.5 Å². The van der Waals surface area contributed by atoms with Crippen molar-refractivity contribution in [1.82, 2.24) is 4.90 Å². The summed E-state index contributed by atoms with van der Waals surface area (Å²) < 4.78 is 0. The van der Waals surface area contributed by atoms with Gasteiger partial charge >= 0.3 is 0 Å². The standard InChI is InChI=1S/C9H18N2OS/c1-7(9(10)13)5-11-4-2-3-8(12)6-11/h7-8,12H,2-6H2,1H3,(H2,10,13). The second-order valence-corrected chi connectivity index (χ2v) is 4.33. The largest absolute Gasteiger partial charge is 0.393 e. The van der Waals surface area contributed by atoms with Crippen molar-refractivity contribution in [2.45, 2.75) is 25.9 Å². The Bertz CT molecular complexity index is 186. The minimum absolute atomic E-state index is 0.160. The van der Waals surface area contributed by atoms with E-state index < -0.39 is 0 Å². The highest BCUT2D eigenvalue weighted by Gasteiger charge is 2.19. The maximum absolute atomic E-state index is 9.43. The second kappa shape index (κ2) is 4.88. The number of thiocarbonyl (C=S) groups is 1. The van der Waals surface area contributed by atoms with E-state index in [9.17, 15) is 5.11 Å². The van der Waals surface area contributed by atoms with Gasteiger partial charge in [0.1, 0.15) is 0 Å². The van der Waals surface area contributed by atoms with Crippen LogP contribution < -0.4 is 5.73 Å². The van der Waals surface area contributed by atoms with Crippen LogP contribution in [0.2, 0.25) is 0 Å². The van der Waals surface area contributed by atoms with Crippen molar-refractivity contribution in [1.29, 1.82) is 0 Å². The summed E-state index contributed by atoms with van der Waals surface area (Å²) in [5.74, 6) is 0.250. The van der Waals surface area contributed by atoms with Crippen molar-refractivity contribution >= 4 is 17.2 Å². The van der Waals surface area contributed by atoms with Crippen LogP contribution in [0.3, 0.4) is 0 Å². The lowest BCUT2D eigenvalue weighted by Gasteiger charge is -2.31. The van der Waals surface area contributed by atoms with Crippen LogP contribution in [-0.4, -0.2) is 40.7 Å². The summed E-state index contributed by atoms with van der Waals surface area (Å²) in [6.45, 7) is 4.74. The first kappa shape index (κ1) is 10.9. The molecule has 1 fully saturated rings. The van der Waals surface area contributed by atoms with Gasteiger partial charge in [-0.2, -0.15) is 0 Å². The van der Waals surface area contributed by atoms with E-state index in [1.807, 2.05) is 6.92 Å². The average molecular weight is 202 g/mol. The molecule has 1 saturated heterocycles. The van der Waals surface area contributed by atoms with Crippen LogP contribution in [0, 0.1) is 5.92 Å².